The normalized spacial score (nSPS) is 23.7. The van der Waals surface area contributed by atoms with Crippen molar-refractivity contribution < 1.29 is 5.11 Å². The van der Waals surface area contributed by atoms with Crippen LogP contribution in [0, 0.1) is 17.8 Å². The van der Waals surface area contributed by atoms with E-state index in [0.717, 1.165) is 34.8 Å². The third-order valence-electron chi connectivity index (χ3n) is 5.51. The van der Waals surface area contributed by atoms with Crippen LogP contribution in [0.2, 0.25) is 0 Å². The van der Waals surface area contributed by atoms with Gasteiger partial charge < -0.3 is 14.6 Å². The van der Waals surface area contributed by atoms with Gasteiger partial charge in [-0.05, 0) is 50.8 Å². The lowest BCUT2D eigenvalue weighted by Gasteiger charge is -2.44. The number of thiophene rings is 1. The number of hydrogen-bond acceptors (Lipinski definition) is 4. The highest BCUT2D eigenvalue weighted by atomic mass is 32.1. The molecule has 4 rings (SSSR count). The molecule has 0 amide bonds. The van der Waals surface area contributed by atoms with E-state index in [1.165, 1.54) is 45.2 Å². The van der Waals surface area contributed by atoms with Gasteiger partial charge in [0.2, 0.25) is 0 Å². The van der Waals surface area contributed by atoms with E-state index in [0.29, 0.717) is 0 Å². The summed E-state index contributed by atoms with van der Waals surface area (Å²) in [6, 6.07) is 2.84. The lowest BCUT2D eigenvalue weighted by Crippen LogP contribution is -2.49. The molecule has 4 heterocycles. The zero-order chi connectivity index (χ0) is 17.1. The molecule has 2 atom stereocenters. The first-order chi connectivity index (χ1) is 12.3. The van der Waals surface area contributed by atoms with Gasteiger partial charge in [0.15, 0.2) is 0 Å². The molecule has 132 valence electrons. The van der Waals surface area contributed by atoms with Gasteiger partial charge in [-0.25, -0.2) is 4.98 Å². The van der Waals surface area contributed by atoms with E-state index in [2.05, 4.69) is 38.6 Å². The predicted octanol–water partition coefficient (Wildman–Crippen LogP) is 3.22. The minimum absolute atomic E-state index is 0.0978. The second kappa shape index (κ2) is 7.74. The maximum absolute atomic E-state index is 8.85. The fourth-order valence-corrected chi connectivity index (χ4v) is 5.24. The van der Waals surface area contributed by atoms with Crippen molar-refractivity contribution in [2.75, 3.05) is 19.7 Å². The average Bonchev–Trinajstić information content (AvgIpc) is 3.29. The van der Waals surface area contributed by atoms with E-state index in [-0.39, 0.29) is 6.61 Å². The molecule has 4 nitrogen and oxygen atoms in total. The van der Waals surface area contributed by atoms with E-state index in [4.69, 9.17) is 5.11 Å². The van der Waals surface area contributed by atoms with Gasteiger partial charge in [0.25, 0.3) is 0 Å². The maximum atomic E-state index is 8.85. The number of fused-ring (bicyclic) bond motifs is 1. The molecule has 2 aromatic heterocycles. The Labute approximate surface area is 153 Å². The molecular weight excluding hydrogens is 330 g/mol. The summed E-state index contributed by atoms with van der Waals surface area (Å²) in [5.74, 6) is 7.48. The summed E-state index contributed by atoms with van der Waals surface area (Å²) in [7, 11) is 0. The van der Waals surface area contributed by atoms with Crippen molar-refractivity contribution in [3.63, 3.8) is 0 Å². The Bertz CT molecular complexity index is 767. The Hall–Kier alpha value is -1.61. The van der Waals surface area contributed by atoms with Gasteiger partial charge in [0, 0.05) is 35.9 Å². The molecule has 2 aliphatic rings. The highest BCUT2D eigenvalue weighted by Gasteiger charge is 2.33. The Morgan fingerprint density at radius 1 is 1.24 bits per heavy atom. The van der Waals surface area contributed by atoms with Crippen molar-refractivity contribution in [2.45, 2.75) is 44.7 Å². The summed E-state index contributed by atoms with van der Waals surface area (Å²) >= 11 is 1.68. The lowest BCUT2D eigenvalue weighted by molar-refractivity contribution is 0.0521. The zero-order valence-corrected chi connectivity index (χ0v) is 15.3. The van der Waals surface area contributed by atoms with Crippen LogP contribution in [0.4, 0.5) is 0 Å². The highest BCUT2D eigenvalue weighted by Crippen LogP contribution is 2.33. The number of rotatable bonds is 3. The molecule has 5 heteroatoms. The summed E-state index contributed by atoms with van der Waals surface area (Å²) in [5.41, 5.74) is 0.958. The summed E-state index contributed by atoms with van der Waals surface area (Å²) < 4.78 is 2.33. The van der Waals surface area contributed by atoms with Crippen molar-refractivity contribution in [3.8, 4) is 22.5 Å². The zero-order valence-electron chi connectivity index (χ0n) is 14.5. The molecule has 0 saturated carbocycles. The molecule has 25 heavy (non-hydrogen) atoms. The van der Waals surface area contributed by atoms with E-state index < -0.39 is 0 Å². The molecule has 2 aliphatic heterocycles. The number of piperidine rings is 2. The predicted molar refractivity (Wildman–Crippen MR) is 101 cm³/mol. The monoisotopic (exact) mass is 355 g/mol. The van der Waals surface area contributed by atoms with E-state index in [1.54, 1.807) is 11.3 Å². The lowest BCUT2D eigenvalue weighted by atomic mass is 9.83. The minimum Gasteiger partial charge on any atom is -0.384 e. The summed E-state index contributed by atoms with van der Waals surface area (Å²) in [6.45, 7) is 3.54. The Balaban J connectivity index is 1.52. The molecule has 0 spiro atoms. The summed E-state index contributed by atoms with van der Waals surface area (Å²) in [4.78, 5) is 8.49. The van der Waals surface area contributed by atoms with Gasteiger partial charge in [-0.3, -0.25) is 0 Å². The molecule has 0 aliphatic carbocycles. The standard InChI is InChI=1S/C20H25N3OS/c24-12-4-5-16-13-19(25-15-16)20-21-8-11-23(20)14-17-6-3-10-22-9-2-1-7-18(17)22/h8,11,13,15,17-18,24H,1-3,6-7,9-10,12,14H2/t17-,18+/m0/s1. The van der Waals surface area contributed by atoms with Crippen LogP contribution in [0.25, 0.3) is 10.7 Å². The van der Waals surface area contributed by atoms with Crippen molar-refractivity contribution in [3.05, 3.63) is 29.4 Å². The van der Waals surface area contributed by atoms with Crippen molar-refractivity contribution in [1.82, 2.24) is 14.5 Å². The highest BCUT2D eigenvalue weighted by molar-refractivity contribution is 7.13. The Kier molecular flexibility index (Phi) is 5.21. The number of nitrogens with zero attached hydrogens (tertiary/aromatic N) is 3. The third-order valence-corrected chi connectivity index (χ3v) is 6.43. The maximum Gasteiger partial charge on any atom is 0.150 e. The Morgan fingerprint density at radius 3 is 3.08 bits per heavy atom. The first-order valence-corrected chi connectivity index (χ1v) is 10.2. The van der Waals surface area contributed by atoms with Crippen molar-refractivity contribution >= 4 is 11.3 Å². The van der Waals surface area contributed by atoms with Gasteiger partial charge in [-0.1, -0.05) is 18.3 Å². The number of aromatic nitrogens is 2. The largest absolute Gasteiger partial charge is 0.384 e. The molecule has 2 fully saturated rings. The number of aliphatic hydroxyl groups excluding tert-OH is 1. The second-order valence-electron chi connectivity index (χ2n) is 7.06. The first-order valence-electron chi connectivity index (χ1n) is 9.29. The average molecular weight is 356 g/mol. The number of aliphatic hydroxyl groups is 1. The number of imidazole rings is 1. The van der Waals surface area contributed by atoms with Crippen LogP contribution in [0.3, 0.4) is 0 Å². The van der Waals surface area contributed by atoms with Crippen LogP contribution >= 0.6 is 11.3 Å². The second-order valence-corrected chi connectivity index (χ2v) is 7.98. The van der Waals surface area contributed by atoms with Crippen LogP contribution < -0.4 is 0 Å². The van der Waals surface area contributed by atoms with Crippen molar-refractivity contribution in [2.24, 2.45) is 5.92 Å². The third kappa shape index (κ3) is 3.67. The van der Waals surface area contributed by atoms with Gasteiger partial charge >= 0.3 is 0 Å². The van der Waals surface area contributed by atoms with Crippen LogP contribution in [-0.4, -0.2) is 45.3 Å². The topological polar surface area (TPSA) is 41.3 Å². The van der Waals surface area contributed by atoms with Crippen LogP contribution in [-0.2, 0) is 6.54 Å². The molecule has 0 bridgehead atoms. The van der Waals surface area contributed by atoms with Gasteiger partial charge in [-0.2, -0.15) is 0 Å². The van der Waals surface area contributed by atoms with E-state index in [9.17, 15) is 0 Å². The van der Waals surface area contributed by atoms with E-state index in [1.807, 2.05) is 11.6 Å². The Morgan fingerprint density at radius 2 is 2.16 bits per heavy atom. The van der Waals surface area contributed by atoms with Crippen LogP contribution in [0.15, 0.2) is 23.8 Å². The molecule has 1 N–H and O–H groups in total. The number of hydrogen-bond donors (Lipinski definition) is 1. The van der Waals surface area contributed by atoms with Crippen LogP contribution in [0.1, 0.15) is 37.7 Å². The SMILES string of the molecule is OCC#Cc1csc(-c2nccn2C[C@@H]2CCCN3CCCC[C@H]23)c1. The molecule has 2 aromatic rings. The molecule has 0 unspecified atom stereocenters. The summed E-state index contributed by atoms with van der Waals surface area (Å²) in [6.07, 6.45) is 10.8. The first kappa shape index (κ1) is 16.8. The fraction of sp³-hybridized carbons (Fsp3) is 0.550. The smallest absolute Gasteiger partial charge is 0.150 e. The fourth-order valence-electron chi connectivity index (χ4n) is 4.39. The minimum atomic E-state index is -0.0978. The molecular formula is C20H25N3OS. The van der Waals surface area contributed by atoms with Gasteiger partial charge in [-0.15, -0.1) is 11.3 Å². The van der Waals surface area contributed by atoms with Crippen LogP contribution in [0.5, 0.6) is 0 Å². The van der Waals surface area contributed by atoms with Crippen molar-refractivity contribution in [1.29, 1.82) is 0 Å². The quantitative estimate of drug-likeness (QED) is 0.860. The molecule has 0 aromatic carbocycles. The van der Waals surface area contributed by atoms with Gasteiger partial charge in [0.05, 0.1) is 4.88 Å². The molecule has 0 radical (unpaired) electrons. The van der Waals surface area contributed by atoms with E-state index >= 15 is 0 Å². The molecule has 2 saturated heterocycles. The van der Waals surface area contributed by atoms with Gasteiger partial charge in [0.1, 0.15) is 12.4 Å². The summed E-state index contributed by atoms with van der Waals surface area (Å²) in [5, 5.41) is 10.9.